The fourth-order valence-corrected chi connectivity index (χ4v) is 2.79. The number of carbonyl (C=O) groups is 1. The Kier molecular flexibility index (Phi) is 4.67. The number of benzene rings is 1. The molecule has 0 aliphatic heterocycles. The van der Waals surface area contributed by atoms with Gasteiger partial charge in [-0.05, 0) is 26.0 Å². The Morgan fingerprint density at radius 1 is 1.00 bits per heavy atom. The number of carbonyl (C=O) groups excluding carboxylic acids is 1. The molecule has 1 amide bonds. The maximum absolute atomic E-state index is 12.9. The molecule has 3 aromatic heterocycles. The van der Waals surface area contributed by atoms with E-state index in [1.165, 1.54) is 0 Å². The average Bonchev–Trinajstić information content (AvgIpc) is 3.36. The summed E-state index contributed by atoms with van der Waals surface area (Å²) in [5, 5.41) is 10.9. The molecule has 0 spiro atoms. The van der Waals surface area contributed by atoms with E-state index in [0.29, 0.717) is 28.7 Å². The summed E-state index contributed by atoms with van der Waals surface area (Å²) in [6.07, 6.45) is 3.30. The van der Waals surface area contributed by atoms with Gasteiger partial charge in [-0.3, -0.25) is 9.78 Å². The standard InChI is InChI=1S/C20H17N5O3/c1-12(20-23-18(25-28-20)15-8-10-21-11-9-15)22-19(26)16-13(2)27-24-17(16)14-6-4-3-5-7-14/h3-12H,1-2H3,(H,22,26). The van der Waals surface area contributed by atoms with Crippen molar-refractivity contribution >= 4 is 5.91 Å². The number of rotatable bonds is 5. The normalized spacial score (nSPS) is 11.9. The van der Waals surface area contributed by atoms with E-state index in [2.05, 4.69) is 25.6 Å². The second-order valence-electron chi connectivity index (χ2n) is 6.22. The van der Waals surface area contributed by atoms with E-state index in [1.54, 1.807) is 38.4 Å². The van der Waals surface area contributed by atoms with E-state index in [0.717, 1.165) is 11.1 Å². The van der Waals surface area contributed by atoms with Crippen LogP contribution in [0.3, 0.4) is 0 Å². The van der Waals surface area contributed by atoms with E-state index >= 15 is 0 Å². The van der Waals surface area contributed by atoms with Crippen molar-refractivity contribution in [1.29, 1.82) is 0 Å². The Morgan fingerprint density at radius 2 is 1.75 bits per heavy atom. The summed E-state index contributed by atoms with van der Waals surface area (Å²) >= 11 is 0. The van der Waals surface area contributed by atoms with Crippen molar-refractivity contribution in [3.05, 3.63) is 72.1 Å². The average molecular weight is 375 g/mol. The summed E-state index contributed by atoms with van der Waals surface area (Å²) in [7, 11) is 0. The minimum Gasteiger partial charge on any atom is -0.360 e. The van der Waals surface area contributed by atoms with Crippen LogP contribution in [0.2, 0.25) is 0 Å². The SMILES string of the molecule is Cc1onc(-c2ccccc2)c1C(=O)NC(C)c1nc(-c2ccncc2)no1. The number of nitrogens with zero attached hydrogens (tertiary/aromatic N) is 4. The monoisotopic (exact) mass is 375 g/mol. The molecule has 8 heteroatoms. The summed E-state index contributed by atoms with van der Waals surface area (Å²) in [6.45, 7) is 3.47. The Balaban J connectivity index is 1.55. The first kappa shape index (κ1) is 17.6. The van der Waals surface area contributed by atoms with Crippen molar-refractivity contribution in [3.63, 3.8) is 0 Å². The molecule has 0 radical (unpaired) electrons. The van der Waals surface area contributed by atoms with Crippen molar-refractivity contribution in [2.45, 2.75) is 19.9 Å². The highest BCUT2D eigenvalue weighted by molar-refractivity contribution is 6.00. The molecule has 8 nitrogen and oxygen atoms in total. The van der Waals surface area contributed by atoms with E-state index in [1.807, 2.05) is 30.3 Å². The molecule has 1 aromatic carbocycles. The van der Waals surface area contributed by atoms with Gasteiger partial charge in [0.2, 0.25) is 11.7 Å². The van der Waals surface area contributed by atoms with Crippen LogP contribution < -0.4 is 5.32 Å². The van der Waals surface area contributed by atoms with E-state index in [9.17, 15) is 4.79 Å². The van der Waals surface area contributed by atoms with E-state index in [4.69, 9.17) is 9.05 Å². The first-order valence-electron chi connectivity index (χ1n) is 8.70. The second kappa shape index (κ2) is 7.43. The minimum atomic E-state index is -0.492. The lowest BCUT2D eigenvalue weighted by Gasteiger charge is -2.10. The molecular formula is C20H17N5O3. The van der Waals surface area contributed by atoms with Crippen LogP contribution in [0.15, 0.2) is 63.9 Å². The molecule has 0 saturated carbocycles. The van der Waals surface area contributed by atoms with Crippen LogP contribution in [0.1, 0.15) is 35.0 Å². The fraction of sp³-hybridized carbons (Fsp3) is 0.150. The minimum absolute atomic E-state index is 0.301. The molecule has 0 aliphatic rings. The van der Waals surface area contributed by atoms with Crippen LogP contribution in [0.4, 0.5) is 0 Å². The van der Waals surface area contributed by atoms with E-state index < -0.39 is 6.04 Å². The quantitative estimate of drug-likeness (QED) is 0.568. The van der Waals surface area contributed by atoms with Crippen molar-refractivity contribution < 1.29 is 13.8 Å². The van der Waals surface area contributed by atoms with Crippen LogP contribution in [-0.4, -0.2) is 26.2 Å². The van der Waals surface area contributed by atoms with Gasteiger partial charge in [-0.2, -0.15) is 4.98 Å². The summed E-state index contributed by atoms with van der Waals surface area (Å²) in [5.41, 5.74) is 2.46. The van der Waals surface area contributed by atoms with Gasteiger partial charge in [-0.25, -0.2) is 0 Å². The number of pyridine rings is 1. The third-order valence-electron chi connectivity index (χ3n) is 4.24. The molecule has 28 heavy (non-hydrogen) atoms. The number of hydrogen-bond donors (Lipinski definition) is 1. The molecular weight excluding hydrogens is 358 g/mol. The van der Waals surface area contributed by atoms with Gasteiger partial charge in [0, 0.05) is 23.5 Å². The number of amides is 1. The van der Waals surface area contributed by atoms with Gasteiger partial charge in [0.15, 0.2) is 0 Å². The summed E-state index contributed by atoms with van der Waals surface area (Å²) in [5.74, 6) is 0.848. The molecule has 140 valence electrons. The van der Waals surface area contributed by atoms with Gasteiger partial charge in [-0.15, -0.1) is 0 Å². The highest BCUT2D eigenvalue weighted by Crippen LogP contribution is 2.26. The topological polar surface area (TPSA) is 107 Å². The predicted octanol–water partition coefficient (Wildman–Crippen LogP) is 3.59. The molecule has 4 rings (SSSR count). The van der Waals surface area contributed by atoms with Crippen molar-refractivity contribution in [2.24, 2.45) is 0 Å². The van der Waals surface area contributed by atoms with Gasteiger partial charge >= 0.3 is 0 Å². The largest absolute Gasteiger partial charge is 0.360 e. The summed E-state index contributed by atoms with van der Waals surface area (Å²) in [6, 6.07) is 12.5. The fourth-order valence-electron chi connectivity index (χ4n) is 2.79. The maximum atomic E-state index is 12.9. The van der Waals surface area contributed by atoms with Crippen LogP contribution in [0.5, 0.6) is 0 Å². The lowest BCUT2D eigenvalue weighted by Crippen LogP contribution is -2.27. The number of aromatic nitrogens is 4. The van der Waals surface area contributed by atoms with Crippen LogP contribution in [0.25, 0.3) is 22.6 Å². The Morgan fingerprint density at radius 3 is 2.50 bits per heavy atom. The van der Waals surface area contributed by atoms with Gasteiger partial charge in [0.1, 0.15) is 23.1 Å². The molecule has 1 unspecified atom stereocenters. The number of nitrogens with one attached hydrogen (secondary N) is 1. The summed E-state index contributed by atoms with van der Waals surface area (Å²) < 4.78 is 10.6. The van der Waals surface area contributed by atoms with Crippen LogP contribution >= 0.6 is 0 Å². The smallest absolute Gasteiger partial charge is 0.257 e. The molecule has 0 fully saturated rings. The zero-order valence-electron chi connectivity index (χ0n) is 15.3. The van der Waals surface area contributed by atoms with Crippen molar-refractivity contribution in [1.82, 2.24) is 25.6 Å². The van der Waals surface area contributed by atoms with Gasteiger partial charge in [0.05, 0.1) is 0 Å². The first-order chi connectivity index (χ1) is 13.6. The Hall–Kier alpha value is -3.81. The molecule has 3 heterocycles. The third kappa shape index (κ3) is 3.39. The first-order valence-corrected chi connectivity index (χ1v) is 8.70. The molecule has 0 saturated heterocycles. The molecule has 0 bridgehead atoms. The predicted molar refractivity (Wildman–Crippen MR) is 100 cm³/mol. The molecule has 0 aliphatic carbocycles. The Labute approximate surface area is 160 Å². The van der Waals surface area contributed by atoms with Gasteiger partial charge < -0.3 is 14.4 Å². The third-order valence-corrected chi connectivity index (χ3v) is 4.24. The molecule has 1 N–H and O–H groups in total. The molecule has 4 aromatic rings. The van der Waals surface area contributed by atoms with Crippen LogP contribution in [0, 0.1) is 6.92 Å². The number of hydrogen-bond acceptors (Lipinski definition) is 7. The lowest BCUT2D eigenvalue weighted by atomic mass is 10.1. The highest BCUT2D eigenvalue weighted by atomic mass is 16.5. The van der Waals surface area contributed by atoms with E-state index in [-0.39, 0.29) is 5.91 Å². The van der Waals surface area contributed by atoms with Gasteiger partial charge in [0.25, 0.3) is 5.91 Å². The second-order valence-corrected chi connectivity index (χ2v) is 6.22. The zero-order chi connectivity index (χ0) is 19.5. The zero-order valence-corrected chi connectivity index (χ0v) is 15.3. The van der Waals surface area contributed by atoms with Crippen molar-refractivity contribution in [3.8, 4) is 22.6 Å². The Bertz CT molecular complexity index is 1090. The van der Waals surface area contributed by atoms with Gasteiger partial charge in [-0.1, -0.05) is 40.6 Å². The van der Waals surface area contributed by atoms with Crippen LogP contribution in [-0.2, 0) is 0 Å². The molecule has 1 atom stereocenters. The lowest BCUT2D eigenvalue weighted by molar-refractivity contribution is 0.0931. The highest BCUT2D eigenvalue weighted by Gasteiger charge is 2.25. The van der Waals surface area contributed by atoms with Crippen molar-refractivity contribution in [2.75, 3.05) is 0 Å². The number of aryl methyl sites for hydroxylation is 1. The summed E-state index contributed by atoms with van der Waals surface area (Å²) in [4.78, 5) is 21.2. The maximum Gasteiger partial charge on any atom is 0.257 e.